The zero-order valence-corrected chi connectivity index (χ0v) is 15.0. The molecule has 1 atom stereocenters. The van der Waals surface area contributed by atoms with Crippen LogP contribution in [0, 0.1) is 12.8 Å². The van der Waals surface area contributed by atoms with Gasteiger partial charge in [-0.15, -0.1) is 11.3 Å². The molecule has 0 aliphatic rings. The highest BCUT2D eigenvalue weighted by Gasteiger charge is 2.10. The van der Waals surface area contributed by atoms with Crippen LogP contribution in [0.4, 0.5) is 10.5 Å². The van der Waals surface area contributed by atoms with Crippen LogP contribution >= 0.6 is 11.3 Å². The summed E-state index contributed by atoms with van der Waals surface area (Å²) in [6.45, 7) is 4.82. The number of aliphatic hydroxyl groups excluding tert-OH is 1. The Labute approximate surface area is 147 Å². The third-order valence-corrected chi connectivity index (χ3v) is 4.80. The number of nitrogens with one attached hydrogen (secondary N) is 2. The molecule has 1 heterocycles. The Morgan fingerprint density at radius 2 is 2.04 bits per heavy atom. The summed E-state index contributed by atoms with van der Waals surface area (Å²) >= 11 is 1.61. The van der Waals surface area contributed by atoms with Gasteiger partial charge in [-0.3, -0.25) is 0 Å². The van der Waals surface area contributed by atoms with Gasteiger partial charge in [0, 0.05) is 35.5 Å². The quantitative estimate of drug-likeness (QED) is 0.675. The van der Waals surface area contributed by atoms with Crippen molar-refractivity contribution in [3.05, 3.63) is 35.3 Å². The molecule has 0 saturated carbocycles. The van der Waals surface area contributed by atoms with Gasteiger partial charge in [-0.1, -0.05) is 13.3 Å². The minimum Gasteiger partial charge on any atom is -0.396 e. The normalized spacial score (nSPS) is 12.0. The fourth-order valence-electron chi connectivity index (χ4n) is 2.53. The number of hydrogen-bond donors (Lipinski definition) is 3. The number of carbonyl (C=O) groups excluding carboxylic acids is 1. The van der Waals surface area contributed by atoms with Crippen LogP contribution in [0.2, 0.25) is 0 Å². The highest BCUT2D eigenvalue weighted by atomic mass is 32.1. The number of amides is 2. The molecule has 0 bridgehead atoms. The molecule has 130 valence electrons. The van der Waals surface area contributed by atoms with Crippen LogP contribution in [0.15, 0.2) is 29.6 Å². The fraction of sp³-hybridized carbons (Fsp3) is 0.444. The first kappa shape index (κ1) is 18.4. The van der Waals surface area contributed by atoms with Crippen molar-refractivity contribution in [2.45, 2.75) is 33.1 Å². The summed E-state index contributed by atoms with van der Waals surface area (Å²) in [7, 11) is 0. The predicted molar refractivity (Wildman–Crippen MR) is 99.4 cm³/mol. The molecular weight excluding hydrogens is 322 g/mol. The van der Waals surface area contributed by atoms with Gasteiger partial charge in [-0.2, -0.15) is 0 Å². The van der Waals surface area contributed by atoms with Gasteiger partial charge in [-0.25, -0.2) is 9.78 Å². The molecule has 0 fully saturated rings. The van der Waals surface area contributed by atoms with E-state index >= 15 is 0 Å². The van der Waals surface area contributed by atoms with Crippen LogP contribution in [0.1, 0.15) is 31.9 Å². The number of anilines is 1. The first-order valence-corrected chi connectivity index (χ1v) is 9.18. The Hall–Kier alpha value is -1.92. The van der Waals surface area contributed by atoms with Crippen molar-refractivity contribution in [1.29, 1.82) is 0 Å². The van der Waals surface area contributed by atoms with Crippen LogP contribution in [0.25, 0.3) is 10.6 Å². The van der Waals surface area contributed by atoms with Crippen molar-refractivity contribution in [2.24, 2.45) is 5.92 Å². The molecule has 24 heavy (non-hydrogen) atoms. The second-order valence-corrected chi connectivity index (χ2v) is 6.73. The number of aryl methyl sites for hydroxylation is 1. The summed E-state index contributed by atoms with van der Waals surface area (Å²) in [6.07, 6.45) is 2.77. The van der Waals surface area contributed by atoms with E-state index in [1.807, 2.05) is 36.6 Å². The van der Waals surface area contributed by atoms with Gasteiger partial charge in [0.05, 0.1) is 0 Å². The number of benzene rings is 1. The number of rotatable bonds is 8. The lowest BCUT2D eigenvalue weighted by Crippen LogP contribution is -2.33. The van der Waals surface area contributed by atoms with Gasteiger partial charge in [0.25, 0.3) is 0 Å². The number of thiazole rings is 1. The Morgan fingerprint density at radius 3 is 2.62 bits per heavy atom. The van der Waals surface area contributed by atoms with Crippen LogP contribution in [0.3, 0.4) is 0 Å². The Balaban J connectivity index is 1.85. The van der Waals surface area contributed by atoms with Crippen molar-refractivity contribution >= 4 is 23.1 Å². The highest BCUT2D eigenvalue weighted by Crippen LogP contribution is 2.24. The van der Waals surface area contributed by atoms with E-state index in [1.165, 1.54) is 0 Å². The molecule has 0 aliphatic carbocycles. The molecule has 1 aromatic carbocycles. The van der Waals surface area contributed by atoms with Crippen LogP contribution < -0.4 is 10.6 Å². The lowest BCUT2D eigenvalue weighted by atomic mass is 10.0. The lowest BCUT2D eigenvalue weighted by Gasteiger charge is -2.16. The van der Waals surface area contributed by atoms with E-state index < -0.39 is 0 Å². The van der Waals surface area contributed by atoms with Gasteiger partial charge in [0.15, 0.2) is 0 Å². The maximum Gasteiger partial charge on any atom is 0.319 e. The molecule has 0 radical (unpaired) electrons. The number of aliphatic hydroxyl groups is 1. The zero-order valence-electron chi connectivity index (χ0n) is 14.2. The molecular formula is C18H25N3O2S. The molecule has 1 unspecified atom stereocenters. The molecule has 2 amide bonds. The summed E-state index contributed by atoms with van der Waals surface area (Å²) in [5.74, 6) is 0.321. The smallest absolute Gasteiger partial charge is 0.319 e. The maximum absolute atomic E-state index is 12.0. The van der Waals surface area contributed by atoms with Gasteiger partial charge in [-0.05, 0) is 49.9 Å². The largest absolute Gasteiger partial charge is 0.396 e. The van der Waals surface area contributed by atoms with E-state index in [-0.39, 0.29) is 12.6 Å². The summed E-state index contributed by atoms with van der Waals surface area (Å²) < 4.78 is 0. The summed E-state index contributed by atoms with van der Waals surface area (Å²) in [5, 5.41) is 17.8. The topological polar surface area (TPSA) is 74.2 Å². The molecule has 6 heteroatoms. The SMILES string of the molecule is CCCC(CCO)CNC(=O)Nc1ccc(-c2nc(C)cs2)cc1. The monoisotopic (exact) mass is 347 g/mol. The van der Waals surface area contributed by atoms with E-state index in [9.17, 15) is 4.79 Å². The zero-order chi connectivity index (χ0) is 17.4. The molecule has 2 aromatic rings. The third-order valence-electron chi connectivity index (χ3n) is 3.79. The van der Waals surface area contributed by atoms with Crippen molar-refractivity contribution in [2.75, 3.05) is 18.5 Å². The molecule has 1 aromatic heterocycles. The van der Waals surface area contributed by atoms with E-state index in [1.54, 1.807) is 11.3 Å². The van der Waals surface area contributed by atoms with Crippen LogP contribution in [-0.2, 0) is 0 Å². The average molecular weight is 347 g/mol. The van der Waals surface area contributed by atoms with Crippen molar-refractivity contribution < 1.29 is 9.90 Å². The summed E-state index contributed by atoms with van der Waals surface area (Å²) in [6, 6.07) is 7.46. The van der Waals surface area contributed by atoms with E-state index in [4.69, 9.17) is 5.11 Å². The average Bonchev–Trinajstić information content (AvgIpc) is 3.00. The van der Waals surface area contributed by atoms with Crippen molar-refractivity contribution in [3.63, 3.8) is 0 Å². The van der Waals surface area contributed by atoms with E-state index in [0.29, 0.717) is 12.5 Å². The Morgan fingerprint density at radius 1 is 1.29 bits per heavy atom. The second-order valence-electron chi connectivity index (χ2n) is 5.87. The fourth-order valence-corrected chi connectivity index (χ4v) is 3.34. The first-order valence-electron chi connectivity index (χ1n) is 8.30. The number of hydrogen-bond acceptors (Lipinski definition) is 4. The van der Waals surface area contributed by atoms with E-state index in [2.05, 4.69) is 22.5 Å². The minimum absolute atomic E-state index is 0.158. The number of urea groups is 1. The maximum atomic E-state index is 12.0. The third kappa shape index (κ3) is 5.62. The summed E-state index contributed by atoms with van der Waals surface area (Å²) in [5.41, 5.74) is 2.81. The Kier molecular flexibility index (Phi) is 7.21. The van der Waals surface area contributed by atoms with Crippen LogP contribution in [-0.4, -0.2) is 29.3 Å². The van der Waals surface area contributed by atoms with Crippen molar-refractivity contribution in [3.8, 4) is 10.6 Å². The van der Waals surface area contributed by atoms with Gasteiger partial charge in [0.1, 0.15) is 5.01 Å². The Bertz CT molecular complexity index is 634. The summed E-state index contributed by atoms with van der Waals surface area (Å²) in [4.78, 5) is 16.4. The van der Waals surface area contributed by atoms with Gasteiger partial charge in [0.2, 0.25) is 0 Å². The van der Waals surface area contributed by atoms with Gasteiger partial charge < -0.3 is 15.7 Å². The first-order chi connectivity index (χ1) is 11.6. The molecule has 3 N–H and O–H groups in total. The molecule has 0 aliphatic heterocycles. The number of nitrogens with zero attached hydrogens (tertiary/aromatic N) is 1. The molecule has 0 spiro atoms. The van der Waals surface area contributed by atoms with Crippen molar-refractivity contribution in [1.82, 2.24) is 10.3 Å². The van der Waals surface area contributed by atoms with E-state index in [0.717, 1.165) is 41.2 Å². The highest BCUT2D eigenvalue weighted by molar-refractivity contribution is 7.13. The molecule has 0 saturated heterocycles. The standard InChI is InChI=1S/C18H25N3O2S/c1-3-4-14(9-10-22)11-19-18(23)21-16-7-5-15(6-8-16)17-20-13(2)12-24-17/h5-8,12,14,22H,3-4,9-11H2,1-2H3,(H2,19,21,23). The van der Waals surface area contributed by atoms with Gasteiger partial charge >= 0.3 is 6.03 Å². The second kappa shape index (κ2) is 9.39. The number of carbonyl (C=O) groups is 1. The lowest BCUT2D eigenvalue weighted by molar-refractivity contribution is 0.237. The van der Waals surface area contributed by atoms with Crippen LogP contribution in [0.5, 0.6) is 0 Å². The predicted octanol–water partition coefficient (Wildman–Crippen LogP) is 4.04. The molecule has 2 rings (SSSR count). The molecule has 5 nitrogen and oxygen atoms in total. The minimum atomic E-state index is -0.216. The number of aromatic nitrogens is 1.